The van der Waals surface area contributed by atoms with E-state index in [4.69, 9.17) is 13.6 Å². The summed E-state index contributed by atoms with van der Waals surface area (Å²) in [4.78, 5) is 21.9. The molecule has 0 atom stereocenters. The van der Waals surface area contributed by atoms with Gasteiger partial charge in [0, 0.05) is 10.9 Å². The third kappa shape index (κ3) is 2.87. The van der Waals surface area contributed by atoms with Crippen LogP contribution in [0.1, 0.15) is 11.5 Å². The molecule has 29 heavy (non-hydrogen) atoms. The SMILES string of the molecule is COc1ccc(-c2nc(Cn3cnc4c(oc5ccccc54)c3=O)c(C)o2)cc1. The van der Waals surface area contributed by atoms with E-state index in [1.54, 1.807) is 7.11 Å². The number of fused-ring (bicyclic) bond motifs is 3. The number of methoxy groups -OCH3 is 1. The zero-order chi connectivity index (χ0) is 20.0. The fraction of sp³-hybridized carbons (Fsp3) is 0.136. The Bertz CT molecular complexity index is 1390. The summed E-state index contributed by atoms with van der Waals surface area (Å²) in [6.45, 7) is 2.07. The average molecular weight is 387 g/mol. The molecule has 7 heteroatoms. The molecule has 0 radical (unpaired) electrons. The number of furan rings is 1. The van der Waals surface area contributed by atoms with Crippen LogP contribution in [0.2, 0.25) is 0 Å². The predicted octanol–water partition coefficient (Wildman–Crippen LogP) is 4.16. The van der Waals surface area contributed by atoms with Crippen molar-refractivity contribution in [2.75, 3.05) is 7.11 Å². The highest BCUT2D eigenvalue weighted by Crippen LogP contribution is 2.26. The number of rotatable bonds is 4. The molecule has 5 aromatic rings. The molecule has 3 heterocycles. The third-order valence-electron chi connectivity index (χ3n) is 4.90. The van der Waals surface area contributed by atoms with Crippen LogP contribution in [0.5, 0.6) is 5.75 Å². The van der Waals surface area contributed by atoms with Gasteiger partial charge in [0.1, 0.15) is 28.3 Å². The first-order valence-corrected chi connectivity index (χ1v) is 9.11. The molecule has 2 aromatic carbocycles. The largest absolute Gasteiger partial charge is 0.497 e. The van der Waals surface area contributed by atoms with Gasteiger partial charge in [-0.05, 0) is 43.3 Å². The van der Waals surface area contributed by atoms with E-state index < -0.39 is 0 Å². The summed E-state index contributed by atoms with van der Waals surface area (Å²) < 4.78 is 18.2. The van der Waals surface area contributed by atoms with Crippen molar-refractivity contribution in [3.05, 3.63) is 76.7 Å². The summed E-state index contributed by atoms with van der Waals surface area (Å²) in [5, 5.41) is 0.825. The molecule has 0 saturated carbocycles. The average Bonchev–Trinajstić information content (AvgIpc) is 3.31. The summed E-state index contributed by atoms with van der Waals surface area (Å²) in [6.07, 6.45) is 1.52. The molecule has 0 spiro atoms. The Hall–Kier alpha value is -3.87. The van der Waals surface area contributed by atoms with Crippen LogP contribution in [0.15, 0.2) is 68.5 Å². The van der Waals surface area contributed by atoms with E-state index in [1.165, 1.54) is 10.9 Å². The molecular weight excluding hydrogens is 370 g/mol. The number of oxazole rings is 1. The molecule has 0 aliphatic rings. The van der Waals surface area contributed by atoms with Gasteiger partial charge in [-0.3, -0.25) is 9.36 Å². The minimum atomic E-state index is -0.250. The van der Waals surface area contributed by atoms with Gasteiger partial charge in [-0.15, -0.1) is 0 Å². The number of aryl methyl sites for hydroxylation is 1. The van der Waals surface area contributed by atoms with Crippen molar-refractivity contribution in [2.45, 2.75) is 13.5 Å². The number of ether oxygens (including phenoxy) is 1. The summed E-state index contributed by atoms with van der Waals surface area (Å²) in [7, 11) is 1.62. The Labute approximate surface area is 165 Å². The highest BCUT2D eigenvalue weighted by Gasteiger charge is 2.16. The lowest BCUT2D eigenvalue weighted by molar-refractivity contribution is 0.415. The van der Waals surface area contributed by atoms with Crippen molar-refractivity contribution in [2.24, 2.45) is 0 Å². The molecule has 0 fully saturated rings. The first kappa shape index (κ1) is 17.2. The minimum absolute atomic E-state index is 0.240. The first-order valence-electron chi connectivity index (χ1n) is 9.11. The standard InChI is InChI=1S/C22H17N3O4/c1-13-17(24-21(28-13)14-7-9-15(27-2)10-8-14)11-25-12-23-19-16-5-3-4-6-18(16)29-20(19)22(25)26/h3-10,12H,11H2,1-2H3. The molecular formula is C22H17N3O4. The van der Waals surface area contributed by atoms with E-state index >= 15 is 0 Å². The lowest BCUT2D eigenvalue weighted by Gasteiger charge is -2.02. The van der Waals surface area contributed by atoms with Gasteiger partial charge in [-0.2, -0.15) is 0 Å². The van der Waals surface area contributed by atoms with Crippen LogP contribution in [0.4, 0.5) is 0 Å². The zero-order valence-corrected chi connectivity index (χ0v) is 15.9. The van der Waals surface area contributed by atoms with Crippen LogP contribution in [-0.2, 0) is 6.54 Å². The van der Waals surface area contributed by atoms with Crippen LogP contribution in [0, 0.1) is 6.92 Å². The molecule has 0 aliphatic carbocycles. The molecule has 0 bridgehead atoms. The molecule has 0 aliphatic heterocycles. The molecule has 3 aromatic heterocycles. The van der Waals surface area contributed by atoms with Gasteiger partial charge >= 0.3 is 0 Å². The second-order valence-corrected chi connectivity index (χ2v) is 6.70. The van der Waals surface area contributed by atoms with E-state index in [0.717, 1.165) is 16.7 Å². The summed E-state index contributed by atoms with van der Waals surface area (Å²) in [6, 6.07) is 14.9. The summed E-state index contributed by atoms with van der Waals surface area (Å²) in [5.74, 6) is 1.90. The molecule has 0 amide bonds. The predicted molar refractivity (Wildman–Crippen MR) is 108 cm³/mol. The van der Waals surface area contributed by atoms with Gasteiger partial charge in [-0.1, -0.05) is 12.1 Å². The number of hydrogen-bond acceptors (Lipinski definition) is 6. The lowest BCUT2D eigenvalue weighted by Crippen LogP contribution is -2.21. The van der Waals surface area contributed by atoms with Crippen molar-refractivity contribution in [3.8, 4) is 17.2 Å². The van der Waals surface area contributed by atoms with Gasteiger partial charge in [0.2, 0.25) is 11.5 Å². The zero-order valence-electron chi connectivity index (χ0n) is 15.9. The van der Waals surface area contributed by atoms with Crippen molar-refractivity contribution in [1.29, 1.82) is 0 Å². The van der Waals surface area contributed by atoms with E-state index in [0.29, 0.717) is 28.4 Å². The minimum Gasteiger partial charge on any atom is -0.497 e. The van der Waals surface area contributed by atoms with Crippen molar-refractivity contribution < 1.29 is 13.6 Å². The number of benzene rings is 2. The molecule has 0 N–H and O–H groups in total. The van der Waals surface area contributed by atoms with Crippen LogP contribution in [0.25, 0.3) is 33.5 Å². The second kappa shape index (κ2) is 6.63. The highest BCUT2D eigenvalue weighted by atomic mass is 16.5. The van der Waals surface area contributed by atoms with Crippen molar-refractivity contribution >= 4 is 22.1 Å². The Balaban J connectivity index is 1.52. The van der Waals surface area contributed by atoms with Crippen LogP contribution >= 0.6 is 0 Å². The van der Waals surface area contributed by atoms with Gasteiger partial charge in [0.15, 0.2) is 0 Å². The number of para-hydroxylation sites is 1. The third-order valence-corrected chi connectivity index (χ3v) is 4.90. The maximum absolute atomic E-state index is 12.9. The van der Waals surface area contributed by atoms with Gasteiger partial charge in [0.25, 0.3) is 5.56 Å². The van der Waals surface area contributed by atoms with E-state index in [1.807, 2.05) is 55.5 Å². The molecule has 5 rings (SSSR count). The van der Waals surface area contributed by atoms with Gasteiger partial charge < -0.3 is 13.6 Å². The normalized spacial score (nSPS) is 11.4. The second-order valence-electron chi connectivity index (χ2n) is 6.70. The number of nitrogens with zero attached hydrogens (tertiary/aromatic N) is 3. The van der Waals surface area contributed by atoms with E-state index in [-0.39, 0.29) is 17.7 Å². The smallest absolute Gasteiger partial charge is 0.297 e. The van der Waals surface area contributed by atoms with Crippen LogP contribution in [-0.4, -0.2) is 21.6 Å². The Morgan fingerprint density at radius 2 is 1.86 bits per heavy atom. The first-order chi connectivity index (χ1) is 14.1. The molecule has 0 unspecified atom stereocenters. The monoisotopic (exact) mass is 387 g/mol. The Morgan fingerprint density at radius 3 is 2.66 bits per heavy atom. The lowest BCUT2D eigenvalue weighted by atomic mass is 10.2. The van der Waals surface area contributed by atoms with Crippen LogP contribution < -0.4 is 10.3 Å². The van der Waals surface area contributed by atoms with Crippen LogP contribution in [0.3, 0.4) is 0 Å². The van der Waals surface area contributed by atoms with Crippen molar-refractivity contribution in [3.63, 3.8) is 0 Å². The molecule has 144 valence electrons. The Morgan fingerprint density at radius 1 is 1.07 bits per heavy atom. The van der Waals surface area contributed by atoms with Crippen molar-refractivity contribution in [1.82, 2.24) is 14.5 Å². The fourth-order valence-corrected chi connectivity index (χ4v) is 3.32. The number of hydrogen-bond donors (Lipinski definition) is 0. The maximum atomic E-state index is 12.9. The Kier molecular flexibility index (Phi) is 3.94. The summed E-state index contributed by atoms with van der Waals surface area (Å²) in [5.41, 5.74) is 2.69. The van der Waals surface area contributed by atoms with E-state index in [9.17, 15) is 4.79 Å². The topological polar surface area (TPSA) is 83.3 Å². The number of aromatic nitrogens is 3. The van der Waals surface area contributed by atoms with E-state index in [2.05, 4.69) is 9.97 Å². The molecule has 7 nitrogen and oxygen atoms in total. The van der Waals surface area contributed by atoms with Gasteiger partial charge in [0.05, 0.1) is 20.0 Å². The fourth-order valence-electron chi connectivity index (χ4n) is 3.32. The molecule has 0 saturated heterocycles. The summed E-state index contributed by atoms with van der Waals surface area (Å²) >= 11 is 0. The maximum Gasteiger partial charge on any atom is 0.297 e. The highest BCUT2D eigenvalue weighted by molar-refractivity contribution is 6.01. The quantitative estimate of drug-likeness (QED) is 0.460. The van der Waals surface area contributed by atoms with Gasteiger partial charge in [-0.25, -0.2) is 9.97 Å².